The molecule has 0 saturated carbocycles. The highest BCUT2D eigenvalue weighted by Gasteiger charge is 2.20. The van der Waals surface area contributed by atoms with Crippen molar-refractivity contribution < 1.29 is 9.47 Å². The third-order valence-corrected chi connectivity index (χ3v) is 2.55. The summed E-state index contributed by atoms with van der Waals surface area (Å²) in [6.07, 6.45) is 0. The Morgan fingerprint density at radius 3 is 2.38 bits per heavy atom. The molecule has 0 heterocycles. The summed E-state index contributed by atoms with van der Waals surface area (Å²) in [5.74, 6) is 0.958. The zero-order valence-electron chi connectivity index (χ0n) is 11.2. The lowest BCUT2D eigenvalue weighted by Gasteiger charge is -2.24. The van der Waals surface area contributed by atoms with Crippen molar-refractivity contribution in [1.29, 1.82) is 0 Å². The summed E-state index contributed by atoms with van der Waals surface area (Å²) in [7, 11) is 3.75. The second kappa shape index (κ2) is 4.92. The third kappa shape index (κ3) is 3.02. The molecule has 1 rings (SSSR count). The molecule has 0 aromatic heterocycles. The van der Waals surface area contributed by atoms with Crippen molar-refractivity contribution in [1.82, 2.24) is 0 Å². The molecule has 1 aromatic rings. The largest absolute Gasteiger partial charge is 0.467 e. The summed E-state index contributed by atoms with van der Waals surface area (Å²) in [4.78, 5) is 0. The van der Waals surface area contributed by atoms with Crippen LogP contribution >= 0.6 is 0 Å². The van der Waals surface area contributed by atoms with E-state index in [9.17, 15) is 0 Å². The molecule has 0 saturated heterocycles. The van der Waals surface area contributed by atoms with Gasteiger partial charge in [-0.25, -0.2) is 0 Å². The van der Waals surface area contributed by atoms with Gasteiger partial charge in [-0.15, -0.1) is 0 Å². The predicted molar refractivity (Wildman–Crippen MR) is 70.6 cm³/mol. The molecular formula is C13H21BO2. The van der Waals surface area contributed by atoms with Crippen LogP contribution in [0.5, 0.6) is 5.75 Å². The summed E-state index contributed by atoms with van der Waals surface area (Å²) in [5, 5.41) is 0. The first kappa shape index (κ1) is 13.1. The van der Waals surface area contributed by atoms with Crippen molar-refractivity contribution >= 4 is 13.3 Å². The molecule has 0 atom stereocenters. The molecule has 0 radical (unpaired) electrons. The van der Waals surface area contributed by atoms with Crippen LogP contribution < -0.4 is 10.2 Å². The van der Waals surface area contributed by atoms with E-state index >= 15 is 0 Å². The zero-order valence-corrected chi connectivity index (χ0v) is 11.2. The van der Waals surface area contributed by atoms with Gasteiger partial charge in [0.05, 0.1) is 0 Å². The molecule has 0 fully saturated rings. The highest BCUT2D eigenvalue weighted by molar-refractivity contribution is 6.32. The molecule has 0 aliphatic rings. The van der Waals surface area contributed by atoms with E-state index in [4.69, 9.17) is 9.47 Å². The number of methoxy groups -OCH3 is 1. The summed E-state index contributed by atoms with van der Waals surface area (Å²) in [6.45, 7) is 8.96. The standard InChI is InChI=1S/C13H21BO2/c1-9-6-10(14)7-11(13(2,3)4)12(9)16-8-15-5/h6-7H,8,14H2,1-5H3. The summed E-state index contributed by atoms with van der Waals surface area (Å²) >= 11 is 0. The smallest absolute Gasteiger partial charge is 0.188 e. The molecule has 3 heteroatoms. The van der Waals surface area contributed by atoms with E-state index in [-0.39, 0.29) is 5.41 Å². The van der Waals surface area contributed by atoms with Gasteiger partial charge in [0.1, 0.15) is 13.6 Å². The minimum Gasteiger partial charge on any atom is -0.467 e. The molecule has 0 unspecified atom stereocenters. The number of hydrogen-bond donors (Lipinski definition) is 0. The van der Waals surface area contributed by atoms with Crippen molar-refractivity contribution in [3.8, 4) is 5.75 Å². The average molecular weight is 220 g/mol. The number of rotatable bonds is 3. The Morgan fingerprint density at radius 2 is 1.88 bits per heavy atom. The SMILES string of the molecule is Bc1cc(C)c(OCOC)c(C(C)(C)C)c1. The highest BCUT2D eigenvalue weighted by atomic mass is 16.7. The average Bonchev–Trinajstić information content (AvgIpc) is 2.14. The maximum absolute atomic E-state index is 5.68. The van der Waals surface area contributed by atoms with Gasteiger partial charge >= 0.3 is 0 Å². The maximum Gasteiger partial charge on any atom is 0.188 e. The van der Waals surface area contributed by atoms with Gasteiger partial charge in [0.15, 0.2) is 6.79 Å². The van der Waals surface area contributed by atoms with E-state index in [1.165, 1.54) is 16.6 Å². The molecule has 0 N–H and O–H groups in total. The van der Waals surface area contributed by atoms with Crippen LogP contribution in [0.2, 0.25) is 0 Å². The van der Waals surface area contributed by atoms with E-state index in [1.54, 1.807) is 7.11 Å². The van der Waals surface area contributed by atoms with Crippen LogP contribution in [-0.4, -0.2) is 21.7 Å². The molecule has 0 aliphatic heterocycles. The van der Waals surface area contributed by atoms with Crippen LogP contribution in [0.1, 0.15) is 31.9 Å². The van der Waals surface area contributed by atoms with Crippen molar-refractivity contribution in [2.45, 2.75) is 33.1 Å². The molecule has 0 aliphatic carbocycles. The first-order valence-electron chi connectivity index (χ1n) is 5.59. The van der Waals surface area contributed by atoms with Crippen LogP contribution in [0.3, 0.4) is 0 Å². The van der Waals surface area contributed by atoms with Crippen molar-refractivity contribution in [2.75, 3.05) is 13.9 Å². The lowest BCUT2D eigenvalue weighted by molar-refractivity contribution is 0.0493. The monoisotopic (exact) mass is 220 g/mol. The fourth-order valence-electron chi connectivity index (χ4n) is 1.82. The Hall–Kier alpha value is -0.955. The van der Waals surface area contributed by atoms with E-state index in [0.717, 1.165) is 5.75 Å². The Balaban J connectivity index is 3.21. The Kier molecular flexibility index (Phi) is 4.03. The molecular weight excluding hydrogens is 199 g/mol. The van der Waals surface area contributed by atoms with Gasteiger partial charge in [-0.2, -0.15) is 0 Å². The minimum absolute atomic E-state index is 0.0832. The Labute approximate surface area is 99.4 Å². The van der Waals surface area contributed by atoms with Crippen molar-refractivity contribution in [3.05, 3.63) is 23.3 Å². The van der Waals surface area contributed by atoms with E-state index in [1.807, 2.05) is 0 Å². The van der Waals surface area contributed by atoms with Gasteiger partial charge < -0.3 is 9.47 Å². The quantitative estimate of drug-likeness (QED) is 0.568. The second-order valence-electron chi connectivity index (χ2n) is 5.26. The number of aryl methyl sites for hydroxylation is 1. The van der Waals surface area contributed by atoms with E-state index < -0.39 is 0 Å². The second-order valence-corrected chi connectivity index (χ2v) is 5.26. The Morgan fingerprint density at radius 1 is 1.25 bits per heavy atom. The maximum atomic E-state index is 5.68. The van der Waals surface area contributed by atoms with E-state index in [0.29, 0.717) is 6.79 Å². The topological polar surface area (TPSA) is 18.5 Å². The fraction of sp³-hybridized carbons (Fsp3) is 0.538. The van der Waals surface area contributed by atoms with Crippen molar-refractivity contribution in [3.63, 3.8) is 0 Å². The number of ether oxygens (including phenoxy) is 2. The summed E-state index contributed by atoms with van der Waals surface area (Å²) < 4.78 is 10.7. The van der Waals surface area contributed by atoms with Crippen LogP contribution in [-0.2, 0) is 10.2 Å². The van der Waals surface area contributed by atoms with Gasteiger partial charge in [0.2, 0.25) is 0 Å². The molecule has 16 heavy (non-hydrogen) atoms. The van der Waals surface area contributed by atoms with E-state index in [2.05, 4.69) is 47.7 Å². The minimum atomic E-state index is 0.0832. The first-order valence-corrected chi connectivity index (χ1v) is 5.59. The Bertz CT molecular complexity index is 367. The molecule has 0 spiro atoms. The summed E-state index contributed by atoms with van der Waals surface area (Å²) in [6, 6.07) is 4.33. The van der Waals surface area contributed by atoms with Crippen LogP contribution in [0.25, 0.3) is 0 Å². The lowest BCUT2D eigenvalue weighted by Crippen LogP contribution is -2.19. The normalized spacial score (nSPS) is 11.6. The van der Waals surface area contributed by atoms with Gasteiger partial charge in [0.25, 0.3) is 0 Å². The third-order valence-electron chi connectivity index (χ3n) is 2.55. The molecule has 0 amide bonds. The number of hydrogen-bond acceptors (Lipinski definition) is 2. The van der Waals surface area contributed by atoms with Gasteiger partial charge in [-0.3, -0.25) is 0 Å². The first-order chi connectivity index (χ1) is 7.36. The number of benzene rings is 1. The van der Waals surface area contributed by atoms with Crippen LogP contribution in [0.15, 0.2) is 12.1 Å². The zero-order chi connectivity index (χ0) is 12.3. The van der Waals surface area contributed by atoms with Gasteiger partial charge in [-0.05, 0) is 23.5 Å². The predicted octanol–water partition coefficient (Wildman–Crippen LogP) is 1.53. The molecule has 88 valence electrons. The lowest BCUT2D eigenvalue weighted by atomic mass is 9.81. The van der Waals surface area contributed by atoms with Crippen LogP contribution in [0.4, 0.5) is 0 Å². The molecule has 1 aromatic carbocycles. The van der Waals surface area contributed by atoms with Gasteiger partial charge in [-0.1, -0.05) is 38.4 Å². The molecule has 0 bridgehead atoms. The fourth-order valence-corrected chi connectivity index (χ4v) is 1.82. The summed E-state index contributed by atoms with van der Waals surface area (Å²) in [5.41, 5.74) is 3.76. The van der Waals surface area contributed by atoms with Gasteiger partial charge in [0, 0.05) is 7.11 Å². The van der Waals surface area contributed by atoms with Crippen LogP contribution in [0, 0.1) is 6.92 Å². The highest BCUT2D eigenvalue weighted by Crippen LogP contribution is 2.32. The molecule has 2 nitrogen and oxygen atoms in total. The van der Waals surface area contributed by atoms with Crippen molar-refractivity contribution in [2.24, 2.45) is 0 Å².